The lowest BCUT2D eigenvalue weighted by atomic mass is 9.87. The van der Waals surface area contributed by atoms with Crippen molar-refractivity contribution in [3.8, 4) is 22.9 Å². The number of hydrogen-bond acceptors (Lipinski definition) is 7. The van der Waals surface area contributed by atoms with Crippen LogP contribution in [0.3, 0.4) is 0 Å². The van der Waals surface area contributed by atoms with E-state index in [1.165, 1.54) is 17.3 Å². The van der Waals surface area contributed by atoms with Crippen molar-refractivity contribution in [1.29, 1.82) is 0 Å². The van der Waals surface area contributed by atoms with E-state index >= 15 is 0 Å². The second-order valence-corrected chi connectivity index (χ2v) is 8.82. The molecule has 0 fully saturated rings. The van der Waals surface area contributed by atoms with Crippen LogP contribution in [0.2, 0.25) is 5.02 Å². The lowest BCUT2D eigenvalue weighted by Crippen LogP contribution is -2.10. The van der Waals surface area contributed by atoms with Crippen LogP contribution in [0.4, 0.5) is 0 Å². The SMILES string of the molecule is CC(C)(C)c1ccc(-c2nnc(SCc3noc(-c4ccccc4Cl)n3)o2)cc1. The molecule has 0 spiro atoms. The van der Waals surface area contributed by atoms with Gasteiger partial charge in [0.2, 0.25) is 5.89 Å². The Balaban J connectivity index is 1.42. The lowest BCUT2D eigenvalue weighted by molar-refractivity contribution is 0.425. The van der Waals surface area contributed by atoms with Gasteiger partial charge in [-0.25, -0.2) is 0 Å². The zero-order valence-electron chi connectivity index (χ0n) is 16.2. The van der Waals surface area contributed by atoms with Crippen molar-refractivity contribution in [2.24, 2.45) is 0 Å². The van der Waals surface area contributed by atoms with Gasteiger partial charge < -0.3 is 8.94 Å². The van der Waals surface area contributed by atoms with Crippen molar-refractivity contribution in [1.82, 2.24) is 20.3 Å². The van der Waals surface area contributed by atoms with Crippen LogP contribution < -0.4 is 0 Å². The minimum atomic E-state index is 0.0990. The molecule has 0 aliphatic rings. The maximum Gasteiger partial charge on any atom is 0.277 e. The maximum absolute atomic E-state index is 6.17. The molecule has 0 bridgehead atoms. The summed E-state index contributed by atoms with van der Waals surface area (Å²) in [4.78, 5) is 4.38. The van der Waals surface area contributed by atoms with Gasteiger partial charge in [-0.15, -0.1) is 10.2 Å². The first-order chi connectivity index (χ1) is 13.9. The highest BCUT2D eigenvalue weighted by Gasteiger charge is 2.16. The summed E-state index contributed by atoms with van der Waals surface area (Å²) in [6.45, 7) is 6.54. The van der Waals surface area contributed by atoms with Gasteiger partial charge in [-0.3, -0.25) is 0 Å². The molecule has 4 rings (SSSR count). The van der Waals surface area contributed by atoms with E-state index in [4.69, 9.17) is 20.5 Å². The van der Waals surface area contributed by atoms with Crippen molar-refractivity contribution in [3.63, 3.8) is 0 Å². The molecule has 0 amide bonds. The smallest absolute Gasteiger partial charge is 0.277 e. The summed E-state index contributed by atoms with van der Waals surface area (Å²) in [6, 6.07) is 15.5. The molecule has 4 aromatic rings. The van der Waals surface area contributed by atoms with E-state index in [-0.39, 0.29) is 5.41 Å². The summed E-state index contributed by atoms with van der Waals surface area (Å²) in [5.41, 5.74) is 2.94. The average Bonchev–Trinajstić information content (AvgIpc) is 3.36. The van der Waals surface area contributed by atoms with Crippen LogP contribution in [0.15, 0.2) is 62.7 Å². The van der Waals surface area contributed by atoms with E-state index in [0.717, 1.165) is 5.56 Å². The number of benzene rings is 2. The van der Waals surface area contributed by atoms with Gasteiger partial charge in [0.05, 0.1) is 16.3 Å². The Morgan fingerprint density at radius 3 is 2.45 bits per heavy atom. The first-order valence-corrected chi connectivity index (χ1v) is 10.4. The largest absolute Gasteiger partial charge is 0.411 e. The first-order valence-electron chi connectivity index (χ1n) is 9.05. The van der Waals surface area contributed by atoms with Crippen LogP contribution in [0.5, 0.6) is 0 Å². The molecule has 0 atom stereocenters. The summed E-state index contributed by atoms with van der Waals surface area (Å²) in [5.74, 6) is 1.84. The van der Waals surface area contributed by atoms with Crippen LogP contribution in [-0.2, 0) is 11.2 Å². The van der Waals surface area contributed by atoms with Gasteiger partial charge >= 0.3 is 0 Å². The number of aromatic nitrogens is 4. The van der Waals surface area contributed by atoms with E-state index in [2.05, 4.69) is 53.2 Å². The summed E-state index contributed by atoms with van der Waals surface area (Å²) in [5, 5.41) is 13.2. The molecule has 0 aliphatic heterocycles. The number of hydrogen-bond donors (Lipinski definition) is 0. The number of rotatable bonds is 5. The van der Waals surface area contributed by atoms with Gasteiger partial charge in [0, 0.05) is 5.56 Å². The van der Waals surface area contributed by atoms with Crippen molar-refractivity contribution in [2.75, 3.05) is 0 Å². The van der Waals surface area contributed by atoms with E-state index < -0.39 is 0 Å². The average molecular weight is 427 g/mol. The fourth-order valence-corrected chi connectivity index (χ4v) is 3.50. The summed E-state index contributed by atoms with van der Waals surface area (Å²) in [7, 11) is 0. The topological polar surface area (TPSA) is 77.8 Å². The molecule has 6 nitrogen and oxygen atoms in total. The fourth-order valence-electron chi connectivity index (χ4n) is 2.68. The number of thioether (sulfide) groups is 1. The molecule has 0 N–H and O–H groups in total. The van der Waals surface area contributed by atoms with E-state index in [9.17, 15) is 0 Å². The van der Waals surface area contributed by atoms with E-state index in [1.54, 1.807) is 6.07 Å². The summed E-state index contributed by atoms with van der Waals surface area (Å²) >= 11 is 7.52. The zero-order chi connectivity index (χ0) is 20.4. The third kappa shape index (κ3) is 4.52. The van der Waals surface area contributed by atoms with E-state index in [0.29, 0.717) is 39.2 Å². The standard InChI is InChI=1S/C21H19ClN4O2S/c1-21(2,3)14-10-8-13(9-11-14)18-24-25-20(27-18)29-12-17-23-19(28-26-17)15-6-4-5-7-16(15)22/h4-11H,12H2,1-3H3. The van der Waals surface area contributed by atoms with Crippen LogP contribution >= 0.6 is 23.4 Å². The molecular weight excluding hydrogens is 408 g/mol. The molecule has 2 heterocycles. The van der Waals surface area contributed by atoms with Gasteiger partial charge in [-0.05, 0) is 35.2 Å². The van der Waals surface area contributed by atoms with Gasteiger partial charge in [0.1, 0.15) is 0 Å². The van der Waals surface area contributed by atoms with Crippen molar-refractivity contribution < 1.29 is 8.94 Å². The minimum absolute atomic E-state index is 0.0990. The number of halogens is 1. The van der Waals surface area contributed by atoms with Gasteiger partial charge in [0.15, 0.2) is 5.82 Å². The Labute approximate surface area is 177 Å². The molecule has 0 unspecified atom stereocenters. The molecule has 0 saturated heterocycles. The second-order valence-electron chi connectivity index (χ2n) is 7.48. The Kier molecular flexibility index (Phi) is 5.43. The lowest BCUT2D eigenvalue weighted by Gasteiger charge is -2.18. The molecule has 0 radical (unpaired) electrons. The van der Waals surface area contributed by atoms with Gasteiger partial charge in [-0.2, -0.15) is 4.98 Å². The van der Waals surface area contributed by atoms with Crippen LogP contribution in [0, 0.1) is 0 Å². The van der Waals surface area contributed by atoms with E-state index in [1.807, 2.05) is 30.3 Å². The maximum atomic E-state index is 6.17. The normalized spacial score (nSPS) is 11.7. The Bertz CT molecular complexity index is 1120. The van der Waals surface area contributed by atoms with Crippen molar-refractivity contribution in [3.05, 3.63) is 64.9 Å². The Morgan fingerprint density at radius 1 is 0.966 bits per heavy atom. The zero-order valence-corrected chi connectivity index (χ0v) is 17.8. The van der Waals surface area contributed by atoms with Crippen LogP contribution in [0.25, 0.3) is 22.9 Å². The highest BCUT2D eigenvalue weighted by Crippen LogP contribution is 2.29. The predicted molar refractivity (Wildman–Crippen MR) is 113 cm³/mol. The fraction of sp³-hybridized carbons (Fsp3) is 0.238. The highest BCUT2D eigenvalue weighted by atomic mass is 35.5. The predicted octanol–water partition coefficient (Wildman–Crippen LogP) is 6.03. The molecule has 148 valence electrons. The second kappa shape index (κ2) is 8.00. The monoisotopic (exact) mass is 426 g/mol. The molecule has 2 aromatic heterocycles. The Hall–Kier alpha value is -2.64. The quantitative estimate of drug-likeness (QED) is 0.360. The summed E-state index contributed by atoms with van der Waals surface area (Å²) in [6.07, 6.45) is 0. The molecular formula is C21H19ClN4O2S. The molecule has 29 heavy (non-hydrogen) atoms. The van der Waals surface area contributed by atoms with Gasteiger partial charge in [-0.1, -0.05) is 73.6 Å². The van der Waals surface area contributed by atoms with Crippen molar-refractivity contribution in [2.45, 2.75) is 37.2 Å². The summed E-state index contributed by atoms with van der Waals surface area (Å²) < 4.78 is 11.1. The van der Waals surface area contributed by atoms with Gasteiger partial charge in [0.25, 0.3) is 11.1 Å². The highest BCUT2D eigenvalue weighted by molar-refractivity contribution is 7.98. The van der Waals surface area contributed by atoms with Crippen molar-refractivity contribution >= 4 is 23.4 Å². The third-order valence-electron chi connectivity index (χ3n) is 4.30. The molecule has 2 aromatic carbocycles. The first kappa shape index (κ1) is 19.7. The molecule has 0 aliphatic carbocycles. The molecule has 0 saturated carbocycles. The Morgan fingerprint density at radius 2 is 1.72 bits per heavy atom. The van der Waals surface area contributed by atoms with Crippen LogP contribution in [-0.4, -0.2) is 20.3 Å². The number of nitrogens with zero attached hydrogens (tertiary/aromatic N) is 4. The minimum Gasteiger partial charge on any atom is -0.411 e. The molecule has 8 heteroatoms. The third-order valence-corrected chi connectivity index (χ3v) is 5.45. The van der Waals surface area contributed by atoms with Crippen LogP contribution in [0.1, 0.15) is 32.2 Å².